The van der Waals surface area contributed by atoms with Crippen LogP contribution in [0.25, 0.3) is 0 Å². The Kier molecular flexibility index (Phi) is 5.83. The number of ether oxygens (including phenoxy) is 1. The molecule has 1 aromatic heterocycles. The predicted octanol–water partition coefficient (Wildman–Crippen LogP) is 5.95. The summed E-state index contributed by atoms with van der Waals surface area (Å²) in [6.45, 7) is 1.72. The first-order valence-electron chi connectivity index (χ1n) is 7.34. The standard InChI is InChI=1S/C17H13Cl2FN2O2S/c1-10(23-15-5-3-2-4-14(15)20)16-21-22-17(24-16)25-9-11-6-7-12(18)13(19)8-11/h2-8,10H,9H2,1H3/t10-/m1/s1. The Balaban J connectivity index is 1.61. The molecule has 3 aromatic rings. The predicted molar refractivity (Wildman–Crippen MR) is 95.8 cm³/mol. The molecule has 8 heteroatoms. The molecule has 0 aliphatic heterocycles. The molecule has 0 spiro atoms. The molecular weight excluding hydrogens is 386 g/mol. The summed E-state index contributed by atoms with van der Waals surface area (Å²) in [5.74, 6) is 0.572. The normalized spacial score (nSPS) is 12.2. The van der Waals surface area contributed by atoms with Crippen LogP contribution in [0.1, 0.15) is 24.5 Å². The van der Waals surface area contributed by atoms with Crippen LogP contribution in [-0.4, -0.2) is 10.2 Å². The van der Waals surface area contributed by atoms with Crippen molar-refractivity contribution in [3.05, 3.63) is 69.8 Å². The quantitative estimate of drug-likeness (QED) is 0.480. The van der Waals surface area contributed by atoms with Gasteiger partial charge in [0.25, 0.3) is 11.1 Å². The molecule has 0 aliphatic rings. The van der Waals surface area contributed by atoms with Gasteiger partial charge in [-0.1, -0.05) is 53.2 Å². The Morgan fingerprint density at radius 2 is 1.96 bits per heavy atom. The minimum atomic E-state index is -0.566. The number of benzene rings is 2. The fourth-order valence-electron chi connectivity index (χ4n) is 2.00. The van der Waals surface area contributed by atoms with Gasteiger partial charge in [-0.25, -0.2) is 4.39 Å². The van der Waals surface area contributed by atoms with E-state index in [9.17, 15) is 4.39 Å². The second-order valence-electron chi connectivity index (χ2n) is 5.13. The average Bonchev–Trinajstić information content (AvgIpc) is 3.07. The maximum Gasteiger partial charge on any atom is 0.277 e. The van der Waals surface area contributed by atoms with Crippen LogP contribution in [0.4, 0.5) is 4.39 Å². The Morgan fingerprint density at radius 3 is 2.72 bits per heavy atom. The van der Waals surface area contributed by atoms with Gasteiger partial charge in [0, 0.05) is 5.75 Å². The van der Waals surface area contributed by atoms with Gasteiger partial charge < -0.3 is 9.15 Å². The van der Waals surface area contributed by atoms with Crippen LogP contribution in [0.15, 0.2) is 52.1 Å². The van der Waals surface area contributed by atoms with Gasteiger partial charge in [-0.15, -0.1) is 10.2 Å². The third-order valence-electron chi connectivity index (χ3n) is 3.26. The summed E-state index contributed by atoms with van der Waals surface area (Å²) in [4.78, 5) is 0. The van der Waals surface area contributed by atoms with Gasteiger partial charge in [-0.05, 0) is 36.8 Å². The van der Waals surface area contributed by atoms with Gasteiger partial charge in [0.1, 0.15) is 0 Å². The molecule has 2 aromatic carbocycles. The van der Waals surface area contributed by atoms with E-state index in [0.717, 1.165) is 5.56 Å². The zero-order chi connectivity index (χ0) is 17.8. The van der Waals surface area contributed by atoms with Crippen LogP contribution in [0.2, 0.25) is 10.0 Å². The number of para-hydroxylation sites is 1. The maximum absolute atomic E-state index is 13.6. The summed E-state index contributed by atoms with van der Waals surface area (Å²) in [5.41, 5.74) is 0.981. The summed E-state index contributed by atoms with van der Waals surface area (Å²) in [7, 11) is 0. The molecule has 130 valence electrons. The molecule has 0 saturated heterocycles. The zero-order valence-electron chi connectivity index (χ0n) is 13.1. The first kappa shape index (κ1) is 18.0. The van der Waals surface area contributed by atoms with Crippen molar-refractivity contribution in [3.63, 3.8) is 0 Å². The monoisotopic (exact) mass is 398 g/mol. The van der Waals surface area contributed by atoms with Crippen LogP contribution in [0.3, 0.4) is 0 Å². The third-order valence-corrected chi connectivity index (χ3v) is 4.89. The minimum Gasteiger partial charge on any atom is -0.478 e. The molecule has 0 unspecified atom stereocenters. The SMILES string of the molecule is C[C@@H](Oc1ccccc1F)c1nnc(SCc2ccc(Cl)c(Cl)c2)o1. The van der Waals surface area contributed by atoms with Crippen molar-refractivity contribution in [2.24, 2.45) is 0 Å². The summed E-state index contributed by atoms with van der Waals surface area (Å²) in [6, 6.07) is 11.6. The van der Waals surface area contributed by atoms with E-state index in [2.05, 4.69) is 10.2 Å². The minimum absolute atomic E-state index is 0.137. The van der Waals surface area contributed by atoms with Crippen LogP contribution in [0.5, 0.6) is 5.75 Å². The maximum atomic E-state index is 13.6. The zero-order valence-corrected chi connectivity index (χ0v) is 15.4. The van der Waals surface area contributed by atoms with Crippen molar-refractivity contribution in [1.82, 2.24) is 10.2 Å². The molecule has 0 N–H and O–H groups in total. The van der Waals surface area contributed by atoms with Crippen molar-refractivity contribution < 1.29 is 13.5 Å². The number of halogens is 3. The topological polar surface area (TPSA) is 48.2 Å². The van der Waals surface area contributed by atoms with Gasteiger partial charge in [0.05, 0.1) is 10.0 Å². The lowest BCUT2D eigenvalue weighted by molar-refractivity contribution is 0.174. The Labute approximate surface area is 158 Å². The van der Waals surface area contributed by atoms with Gasteiger partial charge >= 0.3 is 0 Å². The van der Waals surface area contributed by atoms with E-state index >= 15 is 0 Å². The van der Waals surface area contributed by atoms with E-state index in [1.54, 1.807) is 37.3 Å². The molecule has 25 heavy (non-hydrogen) atoms. The molecule has 1 atom stereocenters. The lowest BCUT2D eigenvalue weighted by Crippen LogP contribution is -2.04. The van der Waals surface area contributed by atoms with Crippen molar-refractivity contribution in [2.75, 3.05) is 0 Å². The van der Waals surface area contributed by atoms with Gasteiger partial charge in [0.2, 0.25) is 0 Å². The van der Waals surface area contributed by atoms with Gasteiger partial charge in [-0.3, -0.25) is 0 Å². The molecule has 0 amide bonds. The lowest BCUT2D eigenvalue weighted by Gasteiger charge is -2.11. The number of hydrogen-bond donors (Lipinski definition) is 0. The highest BCUT2D eigenvalue weighted by Gasteiger charge is 2.17. The van der Waals surface area contributed by atoms with Gasteiger partial charge in [0.15, 0.2) is 17.7 Å². The molecule has 1 heterocycles. The first-order valence-corrected chi connectivity index (χ1v) is 9.08. The molecule has 4 nitrogen and oxygen atoms in total. The number of rotatable bonds is 6. The number of aromatic nitrogens is 2. The average molecular weight is 399 g/mol. The molecule has 0 saturated carbocycles. The first-order chi connectivity index (χ1) is 12.0. The van der Waals surface area contributed by atoms with Crippen molar-refractivity contribution >= 4 is 35.0 Å². The smallest absolute Gasteiger partial charge is 0.277 e. The third kappa shape index (κ3) is 4.66. The molecule has 0 fully saturated rings. The highest BCUT2D eigenvalue weighted by atomic mass is 35.5. The molecule has 0 radical (unpaired) electrons. The summed E-state index contributed by atoms with van der Waals surface area (Å²) < 4.78 is 24.7. The van der Waals surface area contributed by atoms with E-state index in [4.69, 9.17) is 32.4 Å². The van der Waals surface area contributed by atoms with E-state index in [1.807, 2.05) is 6.07 Å². The Morgan fingerprint density at radius 1 is 1.16 bits per heavy atom. The number of thioether (sulfide) groups is 1. The number of hydrogen-bond acceptors (Lipinski definition) is 5. The highest BCUT2D eigenvalue weighted by Crippen LogP contribution is 2.29. The van der Waals surface area contributed by atoms with E-state index in [1.165, 1.54) is 17.8 Å². The fourth-order valence-corrected chi connectivity index (χ4v) is 3.03. The van der Waals surface area contributed by atoms with Crippen molar-refractivity contribution in [1.29, 1.82) is 0 Å². The molecular formula is C17H13Cl2FN2O2S. The highest BCUT2D eigenvalue weighted by molar-refractivity contribution is 7.98. The van der Waals surface area contributed by atoms with E-state index in [-0.39, 0.29) is 11.6 Å². The Hall–Kier alpha value is -1.76. The van der Waals surface area contributed by atoms with E-state index < -0.39 is 11.9 Å². The second kappa shape index (κ2) is 8.08. The van der Waals surface area contributed by atoms with Gasteiger partial charge in [-0.2, -0.15) is 0 Å². The number of nitrogens with zero attached hydrogens (tertiary/aromatic N) is 2. The van der Waals surface area contributed by atoms with Crippen LogP contribution in [-0.2, 0) is 5.75 Å². The van der Waals surface area contributed by atoms with Crippen LogP contribution >= 0.6 is 35.0 Å². The largest absolute Gasteiger partial charge is 0.478 e. The van der Waals surface area contributed by atoms with Crippen molar-refractivity contribution in [2.45, 2.75) is 24.0 Å². The van der Waals surface area contributed by atoms with E-state index in [0.29, 0.717) is 21.0 Å². The Bertz CT molecular complexity index is 875. The summed E-state index contributed by atoms with van der Waals surface area (Å²) in [5, 5.41) is 9.32. The summed E-state index contributed by atoms with van der Waals surface area (Å²) in [6.07, 6.45) is -0.566. The second-order valence-corrected chi connectivity index (χ2v) is 6.87. The lowest BCUT2D eigenvalue weighted by atomic mass is 10.2. The van der Waals surface area contributed by atoms with Crippen LogP contribution in [0, 0.1) is 5.82 Å². The summed E-state index contributed by atoms with van der Waals surface area (Å²) >= 11 is 13.2. The fraction of sp³-hybridized carbons (Fsp3) is 0.176. The molecule has 0 aliphatic carbocycles. The van der Waals surface area contributed by atoms with Crippen LogP contribution < -0.4 is 4.74 Å². The molecule has 0 bridgehead atoms. The molecule has 3 rings (SSSR count). The van der Waals surface area contributed by atoms with Crippen molar-refractivity contribution in [3.8, 4) is 5.75 Å².